The van der Waals surface area contributed by atoms with Gasteiger partial charge in [-0.15, -0.1) is 0 Å². The molecule has 0 saturated heterocycles. The van der Waals surface area contributed by atoms with Gasteiger partial charge in [-0.1, -0.05) is 75.1 Å². The molecular formula is C31H35F3N2O5. The van der Waals surface area contributed by atoms with E-state index < -0.39 is 41.6 Å². The number of ether oxygens (including phenoxy) is 1. The van der Waals surface area contributed by atoms with Gasteiger partial charge < -0.3 is 9.84 Å². The van der Waals surface area contributed by atoms with Crippen LogP contribution in [-0.2, 0) is 20.9 Å². The summed E-state index contributed by atoms with van der Waals surface area (Å²) in [6, 6.07) is 14.0. The summed E-state index contributed by atoms with van der Waals surface area (Å²) in [6.45, 7) is 3.29. The van der Waals surface area contributed by atoms with Gasteiger partial charge >= 0.3 is 18.1 Å². The molecule has 0 bridgehead atoms. The van der Waals surface area contributed by atoms with Gasteiger partial charge in [-0.25, -0.2) is 9.59 Å². The van der Waals surface area contributed by atoms with Crippen LogP contribution in [0.4, 0.5) is 13.2 Å². The molecule has 10 heteroatoms. The number of carboxylic acid groups (broad SMARTS) is 1. The first-order valence-corrected chi connectivity index (χ1v) is 14.1. The van der Waals surface area contributed by atoms with Crippen LogP contribution in [-0.4, -0.2) is 51.5 Å². The number of halogens is 3. The molecule has 2 aromatic carbocycles. The summed E-state index contributed by atoms with van der Waals surface area (Å²) >= 11 is 0. The fourth-order valence-electron chi connectivity index (χ4n) is 5.99. The van der Waals surface area contributed by atoms with Crippen molar-refractivity contribution in [1.29, 1.82) is 0 Å². The number of aliphatic imine (C=N–C) groups is 1. The molecule has 1 aliphatic heterocycles. The first kappa shape index (κ1) is 30.3. The summed E-state index contributed by atoms with van der Waals surface area (Å²) in [5.74, 6) is -3.96. The van der Waals surface area contributed by atoms with E-state index in [1.165, 1.54) is 17.9 Å². The molecule has 7 nitrogen and oxygen atoms in total. The largest absolute Gasteiger partial charge is 0.490 e. The number of carboxylic acids is 1. The van der Waals surface area contributed by atoms with Crippen molar-refractivity contribution in [3.05, 3.63) is 59.7 Å². The van der Waals surface area contributed by atoms with Gasteiger partial charge in [0.1, 0.15) is 11.9 Å². The number of benzene rings is 2. The van der Waals surface area contributed by atoms with Crippen LogP contribution < -0.4 is 0 Å². The summed E-state index contributed by atoms with van der Waals surface area (Å²) in [4.78, 5) is 44.6. The highest BCUT2D eigenvalue weighted by Crippen LogP contribution is 2.44. The third-order valence-corrected chi connectivity index (χ3v) is 8.07. The van der Waals surface area contributed by atoms with Crippen molar-refractivity contribution in [2.24, 2.45) is 10.9 Å². The van der Waals surface area contributed by atoms with Crippen LogP contribution in [0.25, 0.3) is 11.1 Å². The molecule has 2 aliphatic rings. The number of rotatable bonds is 10. The van der Waals surface area contributed by atoms with Crippen molar-refractivity contribution in [3.8, 4) is 11.1 Å². The van der Waals surface area contributed by atoms with Crippen LogP contribution in [0.5, 0.6) is 0 Å². The molecule has 41 heavy (non-hydrogen) atoms. The molecule has 2 aromatic rings. The molecule has 0 spiro atoms. The van der Waals surface area contributed by atoms with Crippen molar-refractivity contribution in [1.82, 2.24) is 4.90 Å². The smallest absolute Gasteiger partial charge is 0.478 e. The minimum Gasteiger partial charge on any atom is -0.478 e. The van der Waals surface area contributed by atoms with Crippen LogP contribution >= 0.6 is 0 Å². The topological polar surface area (TPSA) is 96.3 Å². The van der Waals surface area contributed by atoms with Crippen LogP contribution in [0.15, 0.2) is 53.5 Å². The van der Waals surface area contributed by atoms with E-state index in [2.05, 4.69) is 0 Å². The van der Waals surface area contributed by atoms with Gasteiger partial charge in [-0.05, 0) is 54.9 Å². The van der Waals surface area contributed by atoms with E-state index in [1.54, 1.807) is 12.1 Å². The fourth-order valence-corrected chi connectivity index (χ4v) is 5.99. The third kappa shape index (κ3) is 6.31. The Hall–Kier alpha value is -3.69. The number of amidine groups is 1. The average Bonchev–Trinajstić information content (AvgIpc) is 3.24. The minimum atomic E-state index is -5.20. The number of nitrogens with zero attached hydrogens (tertiary/aromatic N) is 2. The summed E-state index contributed by atoms with van der Waals surface area (Å²) in [7, 11) is 0. The Morgan fingerprint density at radius 2 is 1.80 bits per heavy atom. The lowest BCUT2D eigenvalue weighted by atomic mass is 9.72. The SMILES string of the molecule is CCCCC1=NC(C2CCCCC2)(C(C)OC(=O)C(F)(F)F)C(=O)N1Cc1ccc(-c2ccccc2)c(C(=O)O)c1. The van der Waals surface area contributed by atoms with E-state index in [0.717, 1.165) is 31.2 Å². The number of carbonyl (C=O) groups excluding carboxylic acids is 2. The Bertz CT molecular complexity index is 1300. The Morgan fingerprint density at radius 1 is 1.12 bits per heavy atom. The number of hydrogen-bond donors (Lipinski definition) is 1. The highest BCUT2D eigenvalue weighted by atomic mass is 19.4. The lowest BCUT2D eigenvalue weighted by Crippen LogP contribution is -2.56. The Kier molecular flexibility index (Phi) is 9.19. The van der Waals surface area contributed by atoms with E-state index in [-0.39, 0.29) is 12.1 Å². The number of amides is 1. The molecule has 4 rings (SSSR count). The van der Waals surface area contributed by atoms with Crippen LogP contribution in [0.3, 0.4) is 0 Å². The number of aromatic carboxylic acids is 1. The molecule has 1 fully saturated rings. The van der Waals surface area contributed by atoms with Crippen LogP contribution in [0, 0.1) is 5.92 Å². The maximum absolute atomic E-state index is 14.3. The van der Waals surface area contributed by atoms with Gasteiger partial charge in [-0.2, -0.15) is 13.2 Å². The maximum Gasteiger partial charge on any atom is 0.490 e. The van der Waals surface area contributed by atoms with Gasteiger partial charge in [0.2, 0.25) is 0 Å². The normalized spacial score (nSPS) is 20.6. The van der Waals surface area contributed by atoms with Crippen molar-refractivity contribution in [2.75, 3.05) is 0 Å². The highest BCUT2D eigenvalue weighted by molar-refractivity contribution is 6.09. The summed E-state index contributed by atoms with van der Waals surface area (Å²) < 4.78 is 44.4. The van der Waals surface area contributed by atoms with E-state index in [0.29, 0.717) is 42.6 Å². The van der Waals surface area contributed by atoms with Crippen molar-refractivity contribution >= 4 is 23.7 Å². The maximum atomic E-state index is 14.3. The lowest BCUT2D eigenvalue weighted by Gasteiger charge is -2.39. The van der Waals surface area contributed by atoms with Crippen LogP contribution in [0.2, 0.25) is 0 Å². The standard InChI is InChI=1S/C31H35F3N2O5/c1-3-4-15-26-35-30(23-13-9-6-10-14-23,20(2)41-29(40)31(32,33)34)28(39)36(26)19-21-16-17-24(25(18-21)27(37)38)22-11-7-5-8-12-22/h5,7-8,11-12,16-18,20,23H,3-4,6,9-10,13-15,19H2,1-2H3,(H,37,38). The van der Waals surface area contributed by atoms with E-state index >= 15 is 0 Å². The second kappa shape index (κ2) is 12.4. The van der Waals surface area contributed by atoms with Gasteiger partial charge in [0.15, 0.2) is 5.54 Å². The molecule has 2 unspecified atom stereocenters. The van der Waals surface area contributed by atoms with Gasteiger partial charge in [0.05, 0.1) is 12.1 Å². The number of alkyl halides is 3. The van der Waals surface area contributed by atoms with Gasteiger partial charge in [-0.3, -0.25) is 14.7 Å². The summed E-state index contributed by atoms with van der Waals surface area (Å²) in [5.41, 5.74) is 0.191. The average molecular weight is 573 g/mol. The zero-order valence-corrected chi connectivity index (χ0v) is 23.2. The molecule has 0 radical (unpaired) electrons. The quantitative estimate of drug-likeness (QED) is 0.316. The predicted octanol–water partition coefficient (Wildman–Crippen LogP) is 6.80. The molecule has 2 atom stereocenters. The Morgan fingerprint density at radius 3 is 2.41 bits per heavy atom. The zero-order chi connectivity index (χ0) is 29.8. The second-order valence-corrected chi connectivity index (χ2v) is 10.8. The number of hydrogen-bond acceptors (Lipinski definition) is 5. The Balaban J connectivity index is 1.73. The molecule has 220 valence electrons. The van der Waals surface area contributed by atoms with Crippen molar-refractivity contribution in [2.45, 2.75) is 89.6 Å². The van der Waals surface area contributed by atoms with Crippen LogP contribution in [0.1, 0.15) is 81.1 Å². The second-order valence-electron chi connectivity index (χ2n) is 10.8. The molecule has 1 saturated carbocycles. The molecule has 1 N–H and O–H groups in total. The summed E-state index contributed by atoms with van der Waals surface area (Å²) in [6.07, 6.45) is -1.07. The molecule has 1 heterocycles. The van der Waals surface area contributed by atoms with E-state index in [9.17, 15) is 32.7 Å². The minimum absolute atomic E-state index is 0.00879. The number of esters is 1. The highest BCUT2D eigenvalue weighted by Gasteiger charge is 2.59. The van der Waals surface area contributed by atoms with E-state index in [4.69, 9.17) is 9.73 Å². The van der Waals surface area contributed by atoms with Gasteiger partial charge in [0, 0.05) is 6.42 Å². The number of carbonyl (C=O) groups is 3. The van der Waals surface area contributed by atoms with Crippen molar-refractivity contribution < 1.29 is 37.4 Å². The van der Waals surface area contributed by atoms with Crippen molar-refractivity contribution in [3.63, 3.8) is 0 Å². The zero-order valence-electron chi connectivity index (χ0n) is 23.2. The summed E-state index contributed by atoms with van der Waals surface area (Å²) in [5, 5.41) is 9.96. The van der Waals surface area contributed by atoms with E-state index in [1.807, 2.05) is 37.3 Å². The molecule has 0 aromatic heterocycles. The third-order valence-electron chi connectivity index (χ3n) is 8.07. The predicted molar refractivity (Wildman–Crippen MR) is 147 cm³/mol. The Labute approximate surface area is 237 Å². The lowest BCUT2D eigenvalue weighted by molar-refractivity contribution is -0.208. The number of unbranched alkanes of at least 4 members (excludes halogenated alkanes) is 1. The molecular weight excluding hydrogens is 537 g/mol. The first-order chi connectivity index (χ1) is 19.5. The monoisotopic (exact) mass is 572 g/mol. The molecule has 1 aliphatic carbocycles. The van der Waals surface area contributed by atoms with Gasteiger partial charge in [0.25, 0.3) is 5.91 Å². The fraction of sp³-hybridized carbons (Fsp3) is 0.484. The molecule has 1 amide bonds. The first-order valence-electron chi connectivity index (χ1n) is 14.1.